The highest BCUT2D eigenvalue weighted by atomic mass is 16.4. The van der Waals surface area contributed by atoms with Crippen LogP contribution in [0.25, 0.3) is 0 Å². The Labute approximate surface area is 130 Å². The fraction of sp³-hybridized carbons (Fsp3) is 0.438. The third-order valence-corrected chi connectivity index (χ3v) is 3.20. The number of amides is 2. The van der Waals surface area contributed by atoms with Crippen molar-refractivity contribution in [3.63, 3.8) is 0 Å². The summed E-state index contributed by atoms with van der Waals surface area (Å²) in [5, 5.41) is 11.4. The van der Waals surface area contributed by atoms with E-state index in [0.29, 0.717) is 12.1 Å². The van der Waals surface area contributed by atoms with Crippen LogP contribution < -0.4 is 5.32 Å². The first-order chi connectivity index (χ1) is 10.3. The number of rotatable bonds is 7. The molecule has 0 atom stereocenters. The van der Waals surface area contributed by atoms with Gasteiger partial charge in [0.1, 0.15) is 0 Å². The molecule has 0 saturated heterocycles. The van der Waals surface area contributed by atoms with Gasteiger partial charge < -0.3 is 15.3 Å². The first kappa shape index (κ1) is 17.7. The van der Waals surface area contributed by atoms with Crippen molar-refractivity contribution in [1.82, 2.24) is 10.2 Å². The summed E-state index contributed by atoms with van der Waals surface area (Å²) in [6.45, 7) is 4.23. The topological polar surface area (TPSA) is 86.7 Å². The molecule has 0 spiro atoms. The molecule has 0 bridgehead atoms. The minimum absolute atomic E-state index is 0.0199. The van der Waals surface area contributed by atoms with Crippen LogP contribution in [0.2, 0.25) is 0 Å². The van der Waals surface area contributed by atoms with E-state index in [-0.39, 0.29) is 30.7 Å². The van der Waals surface area contributed by atoms with Gasteiger partial charge in [-0.15, -0.1) is 0 Å². The number of benzene rings is 1. The number of nitrogens with one attached hydrogen (secondary N) is 1. The molecule has 6 nitrogen and oxygen atoms in total. The van der Waals surface area contributed by atoms with Crippen LogP contribution in [0, 0.1) is 5.92 Å². The van der Waals surface area contributed by atoms with Gasteiger partial charge in [-0.1, -0.05) is 26.0 Å². The van der Waals surface area contributed by atoms with Crippen molar-refractivity contribution in [2.45, 2.75) is 26.8 Å². The lowest BCUT2D eigenvalue weighted by molar-refractivity contribution is -0.137. The zero-order valence-corrected chi connectivity index (χ0v) is 13.1. The van der Waals surface area contributed by atoms with Gasteiger partial charge in [-0.2, -0.15) is 0 Å². The van der Waals surface area contributed by atoms with Crippen molar-refractivity contribution in [1.29, 1.82) is 0 Å². The van der Waals surface area contributed by atoms with Crippen LogP contribution >= 0.6 is 0 Å². The molecular formula is C16H22N2O4. The van der Waals surface area contributed by atoms with Crippen LogP contribution in [0.15, 0.2) is 24.3 Å². The van der Waals surface area contributed by atoms with Gasteiger partial charge in [0.15, 0.2) is 0 Å². The lowest BCUT2D eigenvalue weighted by Crippen LogP contribution is -2.29. The molecule has 0 aliphatic rings. The van der Waals surface area contributed by atoms with E-state index < -0.39 is 5.97 Å². The molecule has 0 aliphatic carbocycles. The van der Waals surface area contributed by atoms with E-state index >= 15 is 0 Å². The lowest BCUT2D eigenvalue weighted by atomic mass is 10.1. The molecular weight excluding hydrogens is 284 g/mol. The van der Waals surface area contributed by atoms with Crippen LogP contribution in [-0.4, -0.2) is 41.4 Å². The number of nitrogens with zero attached hydrogens (tertiary/aromatic N) is 1. The van der Waals surface area contributed by atoms with Gasteiger partial charge in [0.2, 0.25) is 5.91 Å². The molecule has 0 aliphatic heterocycles. The van der Waals surface area contributed by atoms with E-state index in [1.54, 1.807) is 31.3 Å². The van der Waals surface area contributed by atoms with Crippen LogP contribution in [0.1, 0.15) is 36.2 Å². The predicted molar refractivity (Wildman–Crippen MR) is 82.3 cm³/mol. The van der Waals surface area contributed by atoms with Crippen molar-refractivity contribution in [2.75, 3.05) is 13.6 Å². The summed E-state index contributed by atoms with van der Waals surface area (Å²) in [6, 6.07) is 6.91. The molecule has 22 heavy (non-hydrogen) atoms. The van der Waals surface area contributed by atoms with Crippen molar-refractivity contribution in [3.05, 3.63) is 35.4 Å². The second kappa shape index (κ2) is 8.17. The molecule has 1 rings (SSSR count). The second-order valence-corrected chi connectivity index (χ2v) is 5.44. The number of carbonyl (C=O) groups is 3. The zero-order valence-electron chi connectivity index (χ0n) is 13.1. The predicted octanol–water partition coefficient (Wildman–Crippen LogP) is 1.51. The number of carboxylic acids is 1. The first-order valence-electron chi connectivity index (χ1n) is 7.15. The van der Waals surface area contributed by atoms with E-state index in [4.69, 9.17) is 5.11 Å². The van der Waals surface area contributed by atoms with Crippen molar-refractivity contribution >= 4 is 17.8 Å². The molecule has 2 N–H and O–H groups in total. The molecule has 0 saturated carbocycles. The fourth-order valence-corrected chi connectivity index (χ4v) is 1.74. The van der Waals surface area contributed by atoms with Gasteiger partial charge in [0, 0.05) is 31.6 Å². The zero-order chi connectivity index (χ0) is 16.7. The summed E-state index contributed by atoms with van der Waals surface area (Å²) < 4.78 is 0. The number of hydrogen-bond acceptors (Lipinski definition) is 3. The molecule has 2 amide bonds. The molecule has 0 heterocycles. The third-order valence-electron chi connectivity index (χ3n) is 3.20. The Bertz CT molecular complexity index is 538. The van der Waals surface area contributed by atoms with E-state index in [0.717, 1.165) is 5.56 Å². The van der Waals surface area contributed by atoms with Gasteiger partial charge in [-0.05, 0) is 17.7 Å². The number of aliphatic carboxylic acids is 1. The number of carboxylic acid groups (broad SMARTS) is 1. The van der Waals surface area contributed by atoms with Gasteiger partial charge in [-0.3, -0.25) is 14.4 Å². The van der Waals surface area contributed by atoms with E-state index in [9.17, 15) is 14.4 Å². The van der Waals surface area contributed by atoms with Crippen LogP contribution in [-0.2, 0) is 16.1 Å². The van der Waals surface area contributed by atoms with Crippen molar-refractivity contribution in [2.24, 2.45) is 5.92 Å². The summed E-state index contributed by atoms with van der Waals surface area (Å²) in [6.07, 6.45) is -0.0818. The van der Waals surface area contributed by atoms with Gasteiger partial charge in [0.25, 0.3) is 5.91 Å². The highest BCUT2D eigenvalue weighted by molar-refractivity contribution is 5.94. The fourth-order valence-electron chi connectivity index (χ4n) is 1.74. The van der Waals surface area contributed by atoms with Gasteiger partial charge in [-0.25, -0.2) is 0 Å². The minimum Gasteiger partial charge on any atom is -0.481 e. The summed E-state index contributed by atoms with van der Waals surface area (Å²) >= 11 is 0. The maximum absolute atomic E-state index is 12.1. The lowest BCUT2D eigenvalue weighted by Gasteiger charge is -2.16. The quantitative estimate of drug-likeness (QED) is 0.799. The monoisotopic (exact) mass is 306 g/mol. The Balaban J connectivity index is 2.58. The Morgan fingerprint density at radius 2 is 1.77 bits per heavy atom. The summed E-state index contributed by atoms with van der Waals surface area (Å²) in [5.41, 5.74) is 1.39. The minimum atomic E-state index is -0.934. The summed E-state index contributed by atoms with van der Waals surface area (Å²) in [5.74, 6) is -1.24. The van der Waals surface area contributed by atoms with E-state index in [2.05, 4.69) is 5.32 Å². The summed E-state index contributed by atoms with van der Waals surface area (Å²) in [4.78, 5) is 35.5. The smallest absolute Gasteiger partial charge is 0.305 e. The Morgan fingerprint density at radius 1 is 1.18 bits per heavy atom. The second-order valence-electron chi connectivity index (χ2n) is 5.44. The Morgan fingerprint density at radius 3 is 2.27 bits per heavy atom. The maximum atomic E-state index is 12.1. The molecule has 0 fully saturated rings. The molecule has 1 aromatic carbocycles. The average molecular weight is 306 g/mol. The highest BCUT2D eigenvalue weighted by Gasteiger charge is 2.13. The van der Waals surface area contributed by atoms with Crippen LogP contribution in [0.4, 0.5) is 0 Å². The van der Waals surface area contributed by atoms with Crippen LogP contribution in [0.5, 0.6) is 0 Å². The Hall–Kier alpha value is -2.37. The average Bonchev–Trinajstić information content (AvgIpc) is 2.49. The van der Waals surface area contributed by atoms with Gasteiger partial charge >= 0.3 is 5.97 Å². The Kier molecular flexibility index (Phi) is 6.56. The SMILES string of the molecule is CC(C)C(=O)NCc1ccc(C(=O)N(C)CCC(=O)O)cc1. The van der Waals surface area contributed by atoms with Crippen molar-refractivity contribution < 1.29 is 19.5 Å². The largest absolute Gasteiger partial charge is 0.481 e. The van der Waals surface area contributed by atoms with E-state index in [1.807, 2.05) is 13.8 Å². The molecule has 0 radical (unpaired) electrons. The van der Waals surface area contributed by atoms with Crippen LogP contribution in [0.3, 0.4) is 0 Å². The van der Waals surface area contributed by atoms with E-state index in [1.165, 1.54) is 4.90 Å². The molecule has 120 valence electrons. The number of carbonyl (C=O) groups excluding carboxylic acids is 2. The normalized spacial score (nSPS) is 10.4. The maximum Gasteiger partial charge on any atom is 0.305 e. The highest BCUT2D eigenvalue weighted by Crippen LogP contribution is 2.08. The van der Waals surface area contributed by atoms with Gasteiger partial charge in [0.05, 0.1) is 6.42 Å². The standard InChI is InChI=1S/C16H22N2O4/c1-11(2)15(21)17-10-12-4-6-13(7-5-12)16(22)18(3)9-8-14(19)20/h4-7,11H,8-10H2,1-3H3,(H,17,21)(H,19,20). The number of hydrogen-bond donors (Lipinski definition) is 2. The molecule has 6 heteroatoms. The molecule has 0 unspecified atom stereocenters. The van der Waals surface area contributed by atoms with Crippen molar-refractivity contribution in [3.8, 4) is 0 Å². The summed E-state index contributed by atoms with van der Waals surface area (Å²) in [7, 11) is 1.57. The first-order valence-corrected chi connectivity index (χ1v) is 7.15. The molecule has 0 aromatic heterocycles. The third kappa shape index (κ3) is 5.55. The molecule has 1 aromatic rings.